The molecule has 2 aromatic rings. The van der Waals surface area contributed by atoms with Crippen molar-refractivity contribution in [3.63, 3.8) is 0 Å². The molecule has 0 unspecified atom stereocenters. The summed E-state index contributed by atoms with van der Waals surface area (Å²) < 4.78 is 5.32. The average Bonchev–Trinajstić information content (AvgIpc) is 2.71. The summed E-state index contributed by atoms with van der Waals surface area (Å²) in [6.45, 7) is 1.51. The maximum atomic E-state index is 12.2. The second-order valence-electron chi connectivity index (χ2n) is 7.49. The zero-order valence-corrected chi connectivity index (χ0v) is 16.3. The number of carboxylic acid groups (broad SMARTS) is 1. The summed E-state index contributed by atoms with van der Waals surface area (Å²) in [6.07, 6.45) is 3.25. The molecule has 150 valence electrons. The van der Waals surface area contributed by atoms with Gasteiger partial charge in [-0.15, -0.1) is 0 Å². The van der Waals surface area contributed by atoms with Crippen LogP contribution in [0.25, 0.3) is 0 Å². The highest BCUT2D eigenvalue weighted by molar-refractivity contribution is 5.76. The van der Waals surface area contributed by atoms with Gasteiger partial charge in [-0.3, -0.25) is 9.69 Å². The highest BCUT2D eigenvalue weighted by Gasteiger charge is 2.48. The van der Waals surface area contributed by atoms with Gasteiger partial charge in [0.15, 0.2) is 0 Å². The molecule has 2 heterocycles. The van der Waals surface area contributed by atoms with Gasteiger partial charge < -0.3 is 14.9 Å². The third-order valence-electron chi connectivity index (χ3n) is 5.66. The standard InChI is InChI=1S/C22H28N2O4/c1-28-20-18(10-6-13-23-20)15-24-14-11-19(25)22(16-24,21(26)27)12-5-9-17-7-3-2-4-8-17/h2-4,6-8,10,13,19,25H,5,9,11-12,14-16H2,1H3,(H,26,27)/t19-,22+/m0/s1. The summed E-state index contributed by atoms with van der Waals surface area (Å²) in [5, 5.41) is 20.6. The lowest BCUT2D eigenvalue weighted by molar-refractivity contribution is -0.164. The minimum absolute atomic E-state index is 0.316. The van der Waals surface area contributed by atoms with Crippen molar-refractivity contribution in [2.75, 3.05) is 20.2 Å². The Morgan fingerprint density at radius 1 is 1.29 bits per heavy atom. The summed E-state index contributed by atoms with van der Waals surface area (Å²) in [4.78, 5) is 18.5. The summed E-state index contributed by atoms with van der Waals surface area (Å²) >= 11 is 0. The van der Waals surface area contributed by atoms with Crippen molar-refractivity contribution in [3.05, 3.63) is 59.8 Å². The van der Waals surface area contributed by atoms with E-state index in [0.717, 1.165) is 18.4 Å². The lowest BCUT2D eigenvalue weighted by Crippen LogP contribution is -2.55. The maximum absolute atomic E-state index is 12.2. The molecule has 0 saturated carbocycles. The number of carboxylic acids is 1. The Morgan fingerprint density at radius 3 is 2.79 bits per heavy atom. The Hall–Kier alpha value is -2.44. The van der Waals surface area contributed by atoms with Crippen molar-refractivity contribution in [2.24, 2.45) is 5.41 Å². The number of ether oxygens (including phenoxy) is 1. The van der Waals surface area contributed by atoms with E-state index in [-0.39, 0.29) is 0 Å². The van der Waals surface area contributed by atoms with Gasteiger partial charge in [0.05, 0.1) is 13.2 Å². The molecule has 1 aliphatic heterocycles. The number of aliphatic hydroxyl groups is 1. The highest BCUT2D eigenvalue weighted by Crippen LogP contribution is 2.37. The van der Waals surface area contributed by atoms with Crippen LogP contribution >= 0.6 is 0 Å². The topological polar surface area (TPSA) is 82.9 Å². The third-order valence-corrected chi connectivity index (χ3v) is 5.66. The Bertz CT molecular complexity index is 783. The van der Waals surface area contributed by atoms with Crippen LogP contribution in [0.2, 0.25) is 0 Å². The molecule has 1 saturated heterocycles. The van der Waals surface area contributed by atoms with E-state index in [1.54, 1.807) is 13.3 Å². The van der Waals surface area contributed by atoms with Gasteiger partial charge in [0.1, 0.15) is 5.41 Å². The van der Waals surface area contributed by atoms with E-state index in [2.05, 4.69) is 9.88 Å². The SMILES string of the molecule is COc1ncccc1CN1CC[C@H](O)[C@](CCCc2ccccc2)(C(=O)O)C1. The molecule has 3 rings (SSSR count). The van der Waals surface area contributed by atoms with Crippen molar-refractivity contribution in [1.82, 2.24) is 9.88 Å². The number of aliphatic hydroxyl groups excluding tert-OH is 1. The summed E-state index contributed by atoms with van der Waals surface area (Å²) in [7, 11) is 1.58. The first-order valence-corrected chi connectivity index (χ1v) is 9.71. The predicted molar refractivity (Wildman–Crippen MR) is 106 cm³/mol. The highest BCUT2D eigenvalue weighted by atomic mass is 16.5. The summed E-state index contributed by atoms with van der Waals surface area (Å²) in [5.74, 6) is -0.366. The second-order valence-corrected chi connectivity index (χ2v) is 7.49. The molecule has 0 radical (unpaired) electrons. The van der Waals surface area contributed by atoms with E-state index in [1.807, 2.05) is 42.5 Å². The Kier molecular flexibility index (Phi) is 6.65. The fraction of sp³-hybridized carbons (Fsp3) is 0.455. The van der Waals surface area contributed by atoms with Crippen LogP contribution in [0.3, 0.4) is 0 Å². The van der Waals surface area contributed by atoms with Crippen LogP contribution in [0.5, 0.6) is 5.88 Å². The van der Waals surface area contributed by atoms with Crippen LogP contribution in [0.15, 0.2) is 48.7 Å². The van der Waals surface area contributed by atoms with Gasteiger partial charge >= 0.3 is 5.97 Å². The molecule has 2 N–H and O–H groups in total. The zero-order chi connectivity index (χ0) is 20.0. The lowest BCUT2D eigenvalue weighted by Gasteiger charge is -2.43. The molecule has 1 aromatic heterocycles. The van der Waals surface area contributed by atoms with Crippen molar-refractivity contribution in [2.45, 2.75) is 38.3 Å². The Morgan fingerprint density at radius 2 is 2.07 bits per heavy atom. The number of hydrogen-bond donors (Lipinski definition) is 2. The van der Waals surface area contributed by atoms with E-state index in [0.29, 0.717) is 38.4 Å². The van der Waals surface area contributed by atoms with Crippen LogP contribution in [-0.2, 0) is 17.8 Å². The zero-order valence-electron chi connectivity index (χ0n) is 16.3. The number of benzene rings is 1. The third kappa shape index (κ3) is 4.51. The molecule has 1 aromatic carbocycles. The van der Waals surface area contributed by atoms with Crippen LogP contribution < -0.4 is 4.74 Å². The van der Waals surface area contributed by atoms with Gasteiger partial charge in [-0.1, -0.05) is 36.4 Å². The molecular weight excluding hydrogens is 356 g/mol. The van der Waals surface area contributed by atoms with Crippen molar-refractivity contribution < 1.29 is 19.7 Å². The van der Waals surface area contributed by atoms with E-state index >= 15 is 0 Å². The van der Waals surface area contributed by atoms with E-state index in [9.17, 15) is 15.0 Å². The van der Waals surface area contributed by atoms with E-state index in [1.165, 1.54) is 5.56 Å². The number of aliphatic carboxylic acids is 1. The van der Waals surface area contributed by atoms with E-state index in [4.69, 9.17) is 4.74 Å². The minimum Gasteiger partial charge on any atom is -0.481 e. The lowest BCUT2D eigenvalue weighted by atomic mass is 9.73. The normalized spacial score (nSPS) is 22.7. The number of methoxy groups -OCH3 is 1. The van der Waals surface area contributed by atoms with Crippen molar-refractivity contribution in [3.8, 4) is 5.88 Å². The summed E-state index contributed by atoms with van der Waals surface area (Å²) in [6, 6.07) is 13.8. The number of rotatable bonds is 8. The number of likely N-dealkylation sites (tertiary alicyclic amines) is 1. The van der Waals surface area contributed by atoms with Gasteiger partial charge in [0.2, 0.25) is 5.88 Å². The first-order valence-electron chi connectivity index (χ1n) is 9.71. The first-order chi connectivity index (χ1) is 13.5. The molecule has 0 bridgehead atoms. The minimum atomic E-state index is -1.15. The van der Waals surface area contributed by atoms with Crippen LogP contribution in [-0.4, -0.2) is 52.4 Å². The first kappa shape index (κ1) is 20.3. The molecule has 0 amide bonds. The van der Waals surface area contributed by atoms with Crippen LogP contribution in [0.1, 0.15) is 30.4 Å². The monoisotopic (exact) mass is 384 g/mol. The fourth-order valence-electron chi connectivity index (χ4n) is 4.08. The second kappa shape index (κ2) is 9.17. The number of carbonyl (C=O) groups is 1. The fourth-order valence-corrected chi connectivity index (χ4v) is 4.08. The van der Waals surface area contributed by atoms with Gasteiger partial charge in [-0.25, -0.2) is 4.98 Å². The maximum Gasteiger partial charge on any atom is 0.313 e. The van der Waals surface area contributed by atoms with Gasteiger partial charge in [-0.2, -0.15) is 0 Å². The van der Waals surface area contributed by atoms with E-state index < -0.39 is 17.5 Å². The van der Waals surface area contributed by atoms with Gasteiger partial charge in [0, 0.05) is 31.4 Å². The van der Waals surface area contributed by atoms with Gasteiger partial charge in [-0.05, 0) is 37.3 Å². The molecular formula is C22H28N2O4. The van der Waals surface area contributed by atoms with Gasteiger partial charge in [0.25, 0.3) is 0 Å². The average molecular weight is 384 g/mol. The molecule has 1 fully saturated rings. The molecule has 6 heteroatoms. The van der Waals surface area contributed by atoms with Crippen molar-refractivity contribution in [1.29, 1.82) is 0 Å². The summed E-state index contributed by atoms with van der Waals surface area (Å²) in [5.41, 5.74) is 0.956. The smallest absolute Gasteiger partial charge is 0.313 e. The van der Waals surface area contributed by atoms with Crippen LogP contribution in [0.4, 0.5) is 0 Å². The number of hydrogen-bond acceptors (Lipinski definition) is 5. The van der Waals surface area contributed by atoms with Crippen molar-refractivity contribution >= 4 is 5.97 Å². The quantitative estimate of drug-likeness (QED) is 0.728. The molecule has 0 aliphatic carbocycles. The number of aromatic nitrogens is 1. The van der Waals surface area contributed by atoms with Crippen LogP contribution in [0, 0.1) is 5.41 Å². The molecule has 28 heavy (non-hydrogen) atoms. The number of aryl methyl sites for hydroxylation is 1. The molecule has 0 spiro atoms. The number of piperidine rings is 1. The predicted octanol–water partition coefficient (Wildman–Crippen LogP) is 2.75. The Labute approximate surface area is 165 Å². The number of pyridine rings is 1. The largest absolute Gasteiger partial charge is 0.481 e. The molecule has 1 aliphatic rings. The Balaban J connectivity index is 1.70. The number of nitrogens with zero attached hydrogens (tertiary/aromatic N) is 2. The molecule has 2 atom stereocenters. The molecule has 6 nitrogen and oxygen atoms in total.